The Kier molecular flexibility index (Phi) is 5.00. The first-order valence-corrected chi connectivity index (χ1v) is 9.06. The minimum atomic E-state index is -0.272. The zero-order chi connectivity index (χ0) is 18.6. The number of hydrogen-bond acceptors (Lipinski definition) is 4. The van der Waals surface area contributed by atoms with Crippen LogP contribution in [0.2, 0.25) is 0 Å². The molecule has 0 atom stereocenters. The standard InChI is InChI=1S/C21H16FN3OS/c1-26-27-18-8-4-16(5-9-18)21-24-19(14-2-6-17(22)7-3-14)20(25-21)15-10-12-23-13-11-15/h2-13H,1H3,(H,24,25). The zero-order valence-corrected chi connectivity index (χ0v) is 15.3. The van der Waals surface area contributed by atoms with Gasteiger partial charge in [-0.05, 0) is 48.5 Å². The molecular weight excluding hydrogens is 361 g/mol. The summed E-state index contributed by atoms with van der Waals surface area (Å²) in [6.45, 7) is 0. The molecule has 2 heterocycles. The van der Waals surface area contributed by atoms with Gasteiger partial charge in [0.2, 0.25) is 0 Å². The quantitative estimate of drug-likeness (QED) is 0.460. The molecule has 0 radical (unpaired) electrons. The molecule has 134 valence electrons. The lowest BCUT2D eigenvalue weighted by molar-refractivity contribution is 0.490. The predicted molar refractivity (Wildman–Crippen MR) is 106 cm³/mol. The molecule has 0 spiro atoms. The van der Waals surface area contributed by atoms with Crippen LogP contribution in [0, 0.1) is 5.82 Å². The van der Waals surface area contributed by atoms with Crippen molar-refractivity contribution in [1.29, 1.82) is 0 Å². The normalized spacial score (nSPS) is 10.9. The van der Waals surface area contributed by atoms with Crippen LogP contribution in [0.1, 0.15) is 0 Å². The topological polar surface area (TPSA) is 50.8 Å². The van der Waals surface area contributed by atoms with Crippen LogP contribution in [0.25, 0.3) is 33.9 Å². The minimum absolute atomic E-state index is 0.272. The number of halogens is 1. The van der Waals surface area contributed by atoms with E-state index in [1.54, 1.807) is 31.6 Å². The summed E-state index contributed by atoms with van der Waals surface area (Å²) >= 11 is 1.31. The highest BCUT2D eigenvalue weighted by Crippen LogP contribution is 2.33. The summed E-state index contributed by atoms with van der Waals surface area (Å²) in [6, 6.07) is 18.1. The highest BCUT2D eigenvalue weighted by molar-refractivity contribution is 7.94. The number of aromatic amines is 1. The molecule has 4 aromatic rings. The maximum Gasteiger partial charge on any atom is 0.138 e. The maximum atomic E-state index is 13.3. The number of imidazole rings is 1. The van der Waals surface area contributed by atoms with Crippen molar-refractivity contribution < 1.29 is 8.57 Å². The molecule has 4 nitrogen and oxygen atoms in total. The summed E-state index contributed by atoms with van der Waals surface area (Å²) in [5.41, 5.74) is 4.41. The molecule has 27 heavy (non-hydrogen) atoms. The second-order valence-corrected chi connectivity index (χ2v) is 6.80. The number of benzene rings is 2. The van der Waals surface area contributed by atoms with Gasteiger partial charge in [-0.2, -0.15) is 0 Å². The van der Waals surface area contributed by atoms with Crippen molar-refractivity contribution in [3.05, 3.63) is 78.9 Å². The van der Waals surface area contributed by atoms with Crippen LogP contribution in [-0.2, 0) is 4.18 Å². The van der Waals surface area contributed by atoms with Gasteiger partial charge in [-0.25, -0.2) is 9.37 Å². The van der Waals surface area contributed by atoms with Gasteiger partial charge in [0.1, 0.15) is 11.6 Å². The second-order valence-electron chi connectivity index (χ2n) is 5.83. The van der Waals surface area contributed by atoms with Gasteiger partial charge in [-0.1, -0.05) is 12.1 Å². The van der Waals surface area contributed by atoms with Crippen molar-refractivity contribution in [2.45, 2.75) is 4.90 Å². The van der Waals surface area contributed by atoms with Gasteiger partial charge in [0.25, 0.3) is 0 Å². The highest BCUT2D eigenvalue weighted by atomic mass is 32.2. The van der Waals surface area contributed by atoms with E-state index in [4.69, 9.17) is 9.17 Å². The molecule has 0 fully saturated rings. The van der Waals surface area contributed by atoms with Crippen molar-refractivity contribution in [2.24, 2.45) is 0 Å². The van der Waals surface area contributed by atoms with Gasteiger partial charge in [0, 0.05) is 46.0 Å². The van der Waals surface area contributed by atoms with Crippen LogP contribution in [0.3, 0.4) is 0 Å². The van der Waals surface area contributed by atoms with E-state index in [0.29, 0.717) is 0 Å². The van der Waals surface area contributed by atoms with E-state index in [-0.39, 0.29) is 5.82 Å². The lowest BCUT2D eigenvalue weighted by Gasteiger charge is -2.02. The van der Waals surface area contributed by atoms with Crippen LogP contribution in [0.15, 0.2) is 78.0 Å². The van der Waals surface area contributed by atoms with Crippen molar-refractivity contribution in [1.82, 2.24) is 15.0 Å². The number of H-pyrrole nitrogens is 1. The van der Waals surface area contributed by atoms with Crippen molar-refractivity contribution in [3.8, 4) is 33.9 Å². The zero-order valence-electron chi connectivity index (χ0n) is 14.5. The Hall–Kier alpha value is -2.96. The maximum absolute atomic E-state index is 13.3. The van der Waals surface area contributed by atoms with Crippen molar-refractivity contribution >= 4 is 12.0 Å². The first kappa shape index (κ1) is 17.5. The number of nitrogens with zero attached hydrogens (tertiary/aromatic N) is 2. The van der Waals surface area contributed by atoms with E-state index in [1.165, 1.54) is 24.2 Å². The van der Waals surface area contributed by atoms with Gasteiger partial charge in [-0.3, -0.25) is 4.98 Å². The van der Waals surface area contributed by atoms with Gasteiger partial charge >= 0.3 is 0 Å². The molecule has 0 unspecified atom stereocenters. The summed E-state index contributed by atoms with van der Waals surface area (Å²) in [6.07, 6.45) is 3.47. The van der Waals surface area contributed by atoms with Crippen molar-refractivity contribution in [2.75, 3.05) is 7.11 Å². The first-order chi connectivity index (χ1) is 13.2. The molecule has 0 amide bonds. The smallest absolute Gasteiger partial charge is 0.138 e. The number of rotatable bonds is 5. The Morgan fingerprint density at radius 1 is 0.852 bits per heavy atom. The third-order valence-corrected chi connectivity index (χ3v) is 4.73. The Bertz CT molecular complexity index is 1030. The van der Waals surface area contributed by atoms with E-state index < -0.39 is 0 Å². The minimum Gasteiger partial charge on any atom is -0.337 e. The highest BCUT2D eigenvalue weighted by Gasteiger charge is 2.15. The second kappa shape index (κ2) is 7.73. The molecule has 0 saturated carbocycles. The summed E-state index contributed by atoms with van der Waals surface area (Å²) in [5.74, 6) is 0.473. The van der Waals surface area contributed by atoms with Crippen LogP contribution >= 0.6 is 12.0 Å². The third kappa shape index (κ3) is 3.77. The summed E-state index contributed by atoms with van der Waals surface area (Å²) < 4.78 is 18.4. The number of pyridine rings is 1. The fraction of sp³-hybridized carbons (Fsp3) is 0.0476. The molecule has 0 aliphatic rings. The Morgan fingerprint density at radius 2 is 1.52 bits per heavy atom. The van der Waals surface area contributed by atoms with Crippen LogP contribution in [0.5, 0.6) is 0 Å². The Labute approximate surface area is 160 Å². The van der Waals surface area contributed by atoms with E-state index in [2.05, 4.69) is 9.97 Å². The Balaban J connectivity index is 1.81. The van der Waals surface area contributed by atoms with Gasteiger partial charge in [0.05, 0.1) is 18.5 Å². The largest absolute Gasteiger partial charge is 0.337 e. The van der Waals surface area contributed by atoms with Gasteiger partial charge < -0.3 is 9.17 Å². The average Bonchev–Trinajstić information content (AvgIpc) is 3.15. The molecule has 0 aliphatic heterocycles. The molecule has 1 N–H and O–H groups in total. The molecule has 0 saturated heterocycles. The summed E-state index contributed by atoms with van der Waals surface area (Å²) in [4.78, 5) is 13.3. The summed E-state index contributed by atoms with van der Waals surface area (Å²) in [7, 11) is 1.64. The third-order valence-electron chi connectivity index (χ3n) is 4.10. The average molecular weight is 377 g/mol. The fourth-order valence-electron chi connectivity index (χ4n) is 2.82. The van der Waals surface area contributed by atoms with E-state index >= 15 is 0 Å². The SMILES string of the molecule is COSc1ccc(-c2nc(-c3ccc(F)cc3)c(-c3ccncc3)[nH]2)cc1. The molecule has 0 aliphatic carbocycles. The summed E-state index contributed by atoms with van der Waals surface area (Å²) in [5, 5.41) is 0. The van der Waals surface area contributed by atoms with Gasteiger partial charge in [-0.15, -0.1) is 0 Å². The van der Waals surface area contributed by atoms with E-state index in [1.807, 2.05) is 36.4 Å². The number of hydrogen-bond donors (Lipinski definition) is 1. The molecule has 2 aromatic heterocycles. The monoisotopic (exact) mass is 377 g/mol. The van der Waals surface area contributed by atoms with E-state index in [0.717, 1.165) is 38.8 Å². The van der Waals surface area contributed by atoms with Crippen molar-refractivity contribution in [3.63, 3.8) is 0 Å². The lowest BCUT2D eigenvalue weighted by Crippen LogP contribution is -1.84. The molecular formula is C21H16FN3OS. The molecule has 0 bridgehead atoms. The van der Waals surface area contributed by atoms with E-state index in [9.17, 15) is 4.39 Å². The fourth-order valence-corrected chi connectivity index (χ4v) is 3.26. The number of nitrogens with one attached hydrogen (secondary N) is 1. The number of aromatic nitrogens is 3. The molecule has 2 aromatic carbocycles. The predicted octanol–water partition coefficient (Wildman–Crippen LogP) is 5.60. The Morgan fingerprint density at radius 3 is 2.19 bits per heavy atom. The lowest BCUT2D eigenvalue weighted by atomic mass is 10.1. The van der Waals surface area contributed by atoms with Gasteiger partial charge in [0.15, 0.2) is 0 Å². The first-order valence-electron chi connectivity index (χ1n) is 8.32. The van der Waals surface area contributed by atoms with Crippen LogP contribution in [-0.4, -0.2) is 22.1 Å². The molecule has 6 heteroatoms. The van der Waals surface area contributed by atoms with Crippen LogP contribution in [0.4, 0.5) is 4.39 Å². The van der Waals surface area contributed by atoms with Crippen LogP contribution < -0.4 is 0 Å². The molecule has 4 rings (SSSR count).